The van der Waals surface area contributed by atoms with Crippen molar-refractivity contribution < 1.29 is 9.84 Å². The van der Waals surface area contributed by atoms with E-state index in [1.165, 1.54) is 0 Å². The Morgan fingerprint density at radius 2 is 1.90 bits per heavy atom. The Balaban J connectivity index is 2.80. The van der Waals surface area contributed by atoms with E-state index in [9.17, 15) is 5.11 Å². The van der Waals surface area contributed by atoms with Crippen LogP contribution in [0.1, 0.15) is 5.56 Å². The van der Waals surface area contributed by atoms with Crippen molar-refractivity contribution in [3.05, 3.63) is 36.4 Å². The van der Waals surface area contributed by atoms with Crippen molar-refractivity contribution in [2.75, 3.05) is 7.11 Å². The van der Waals surface area contributed by atoms with Gasteiger partial charge >= 0.3 is 0 Å². The third-order valence-electron chi connectivity index (χ3n) is 1.25. The fourth-order valence-corrected chi connectivity index (χ4v) is 0.682. The Morgan fingerprint density at radius 1 is 1.30 bits per heavy atom. The minimum atomic E-state index is 0.667. The van der Waals surface area contributed by atoms with Crippen LogP contribution in [0.2, 0.25) is 0 Å². The molecule has 0 atom stereocenters. The largest absolute Gasteiger partial charge is 0.849 e. The van der Waals surface area contributed by atoms with Crippen molar-refractivity contribution in [2.24, 2.45) is 0 Å². The first-order chi connectivity index (χ1) is 4.86. The molecule has 0 amide bonds. The standard InChI is InChI=1S/C8H8O2/c1-10-8-4-2-7(6-9)3-5-8/h2-6H,1H3/q-1. The number of hydrogen-bond acceptors (Lipinski definition) is 2. The molecule has 0 fully saturated rings. The minimum absolute atomic E-state index is 0.667. The molecule has 0 saturated heterocycles. The van der Waals surface area contributed by atoms with E-state index in [-0.39, 0.29) is 0 Å². The van der Waals surface area contributed by atoms with Crippen molar-refractivity contribution in [1.29, 1.82) is 0 Å². The SMILES string of the molecule is COc1ccc([CH][O-])cc1. The smallest absolute Gasteiger partial charge is 0.118 e. The molecule has 1 aromatic carbocycles. The van der Waals surface area contributed by atoms with Gasteiger partial charge < -0.3 is 9.84 Å². The van der Waals surface area contributed by atoms with Gasteiger partial charge in [0.05, 0.1) is 7.11 Å². The molecule has 0 N–H and O–H groups in total. The van der Waals surface area contributed by atoms with Crippen LogP contribution in [0.15, 0.2) is 24.3 Å². The highest BCUT2D eigenvalue weighted by Crippen LogP contribution is 2.10. The summed E-state index contributed by atoms with van der Waals surface area (Å²) < 4.78 is 4.90. The lowest BCUT2D eigenvalue weighted by Gasteiger charge is -2.04. The molecule has 0 bridgehead atoms. The molecule has 0 aromatic heterocycles. The van der Waals surface area contributed by atoms with Gasteiger partial charge in [-0.3, -0.25) is 0 Å². The van der Waals surface area contributed by atoms with Crippen molar-refractivity contribution in [3.63, 3.8) is 0 Å². The molecule has 0 unspecified atom stereocenters. The second kappa shape index (κ2) is 3.22. The molecule has 0 spiro atoms. The van der Waals surface area contributed by atoms with Crippen LogP contribution in [0.3, 0.4) is 0 Å². The lowest BCUT2D eigenvalue weighted by molar-refractivity contribution is -0.307. The predicted octanol–water partition coefficient (Wildman–Crippen LogP) is 0.565. The van der Waals surface area contributed by atoms with Crippen LogP contribution in [0.5, 0.6) is 5.75 Å². The van der Waals surface area contributed by atoms with Gasteiger partial charge in [-0.2, -0.15) is 0 Å². The molecule has 0 aliphatic heterocycles. The number of ether oxygens (including phenoxy) is 1. The van der Waals surface area contributed by atoms with Crippen molar-refractivity contribution in [1.82, 2.24) is 0 Å². The van der Waals surface area contributed by atoms with Gasteiger partial charge in [0.2, 0.25) is 0 Å². The highest BCUT2D eigenvalue weighted by atomic mass is 16.5. The van der Waals surface area contributed by atoms with Gasteiger partial charge in [-0.05, 0) is 12.1 Å². The zero-order valence-corrected chi connectivity index (χ0v) is 5.70. The maximum Gasteiger partial charge on any atom is 0.118 e. The van der Waals surface area contributed by atoms with E-state index in [1.54, 1.807) is 31.4 Å². The van der Waals surface area contributed by atoms with Crippen LogP contribution in [0.4, 0.5) is 0 Å². The average Bonchev–Trinajstić information content (AvgIpc) is 2.05. The fourth-order valence-electron chi connectivity index (χ4n) is 0.682. The first-order valence-corrected chi connectivity index (χ1v) is 2.96. The molecular weight excluding hydrogens is 128 g/mol. The zero-order chi connectivity index (χ0) is 7.40. The Bertz CT molecular complexity index is 168. The summed E-state index contributed by atoms with van der Waals surface area (Å²) in [5.74, 6) is 0.769. The normalized spacial score (nSPS) is 9.40. The van der Waals surface area contributed by atoms with E-state index in [1.807, 2.05) is 0 Å². The highest BCUT2D eigenvalue weighted by molar-refractivity contribution is 5.29. The third-order valence-corrected chi connectivity index (χ3v) is 1.25. The predicted molar refractivity (Wildman–Crippen MR) is 36.4 cm³/mol. The summed E-state index contributed by atoms with van der Waals surface area (Å²) in [6.07, 6.45) is 0. The van der Waals surface area contributed by atoms with E-state index < -0.39 is 0 Å². The topological polar surface area (TPSA) is 32.3 Å². The minimum Gasteiger partial charge on any atom is -0.849 e. The van der Waals surface area contributed by atoms with E-state index >= 15 is 0 Å². The second-order valence-electron chi connectivity index (χ2n) is 1.89. The number of methoxy groups -OCH3 is 1. The summed E-state index contributed by atoms with van der Waals surface area (Å²) in [6.45, 7) is 0.805. The molecule has 1 rings (SSSR count). The highest BCUT2D eigenvalue weighted by Gasteiger charge is 1.86. The van der Waals surface area contributed by atoms with E-state index in [4.69, 9.17) is 4.74 Å². The number of hydrogen-bond donors (Lipinski definition) is 0. The summed E-state index contributed by atoms with van der Waals surface area (Å²) in [7, 11) is 1.59. The second-order valence-corrected chi connectivity index (χ2v) is 1.89. The molecule has 1 aromatic rings. The van der Waals surface area contributed by atoms with Crippen LogP contribution < -0.4 is 9.84 Å². The number of rotatable bonds is 2. The van der Waals surface area contributed by atoms with E-state index in [0.717, 1.165) is 12.4 Å². The van der Waals surface area contributed by atoms with Gasteiger partial charge in [0.15, 0.2) is 0 Å². The van der Waals surface area contributed by atoms with Gasteiger partial charge in [-0.25, -0.2) is 0 Å². The third kappa shape index (κ3) is 1.48. The van der Waals surface area contributed by atoms with Gasteiger partial charge in [0, 0.05) is 0 Å². The van der Waals surface area contributed by atoms with Crippen molar-refractivity contribution in [3.8, 4) is 5.75 Å². The molecule has 2 heteroatoms. The summed E-state index contributed by atoms with van der Waals surface area (Å²) in [4.78, 5) is 0. The Kier molecular flexibility index (Phi) is 2.29. The Labute approximate surface area is 60.1 Å². The first-order valence-electron chi connectivity index (χ1n) is 2.96. The fraction of sp³-hybridized carbons (Fsp3) is 0.125. The van der Waals surface area contributed by atoms with Gasteiger partial charge in [0.1, 0.15) is 5.75 Å². The quantitative estimate of drug-likeness (QED) is 0.595. The van der Waals surface area contributed by atoms with Gasteiger partial charge in [-0.1, -0.05) is 17.7 Å². The molecule has 0 saturated carbocycles. The van der Waals surface area contributed by atoms with Crippen LogP contribution in [-0.2, 0) is 0 Å². The molecule has 10 heavy (non-hydrogen) atoms. The molecule has 1 radical (unpaired) electrons. The van der Waals surface area contributed by atoms with E-state index in [2.05, 4.69) is 0 Å². The average molecular weight is 136 g/mol. The Hall–Kier alpha value is -1.02. The monoisotopic (exact) mass is 136 g/mol. The van der Waals surface area contributed by atoms with Crippen molar-refractivity contribution >= 4 is 0 Å². The summed E-state index contributed by atoms with van der Waals surface area (Å²) >= 11 is 0. The molecule has 0 aliphatic carbocycles. The van der Waals surface area contributed by atoms with Crippen LogP contribution >= 0.6 is 0 Å². The first kappa shape index (κ1) is 7.09. The molecule has 0 heterocycles. The maximum absolute atomic E-state index is 10.2. The summed E-state index contributed by atoms with van der Waals surface area (Å²) in [6, 6.07) is 6.94. The van der Waals surface area contributed by atoms with Crippen LogP contribution in [0.25, 0.3) is 0 Å². The Morgan fingerprint density at radius 3 is 2.30 bits per heavy atom. The van der Waals surface area contributed by atoms with Crippen molar-refractivity contribution in [2.45, 2.75) is 0 Å². The molecule has 0 aliphatic rings. The number of benzene rings is 1. The lowest BCUT2D eigenvalue weighted by atomic mass is 10.2. The van der Waals surface area contributed by atoms with Gasteiger partial charge in [0.25, 0.3) is 0 Å². The maximum atomic E-state index is 10.2. The van der Waals surface area contributed by atoms with Crippen LogP contribution in [-0.4, -0.2) is 7.11 Å². The van der Waals surface area contributed by atoms with Crippen LogP contribution in [0, 0.1) is 6.61 Å². The van der Waals surface area contributed by atoms with E-state index in [0.29, 0.717) is 5.56 Å². The lowest BCUT2D eigenvalue weighted by Crippen LogP contribution is -1.97. The molecular formula is C8H8O2-. The summed E-state index contributed by atoms with van der Waals surface area (Å²) in [5, 5.41) is 10.2. The zero-order valence-electron chi connectivity index (χ0n) is 5.70. The molecule has 53 valence electrons. The molecule has 2 nitrogen and oxygen atoms in total. The van der Waals surface area contributed by atoms with Gasteiger partial charge in [-0.15, -0.1) is 6.61 Å². The summed E-state index contributed by atoms with van der Waals surface area (Å²) in [5.41, 5.74) is 0.667.